The molecule has 0 radical (unpaired) electrons. The third-order valence-corrected chi connectivity index (χ3v) is 3.14. The Kier molecular flexibility index (Phi) is 9.57. The number of hydrogen-bond donors (Lipinski definition) is 1. The summed E-state index contributed by atoms with van der Waals surface area (Å²) in [4.78, 5) is 0. The molecule has 0 saturated heterocycles. The summed E-state index contributed by atoms with van der Waals surface area (Å²) in [7, 11) is 1.00. The van der Waals surface area contributed by atoms with Gasteiger partial charge in [-0.2, -0.15) is 0 Å². The predicted molar refractivity (Wildman–Crippen MR) is 49.6 cm³/mol. The maximum absolute atomic E-state index is 7.00. The van der Waals surface area contributed by atoms with E-state index >= 15 is 0 Å². The maximum Gasteiger partial charge on any atom is 0.0319 e. The van der Waals surface area contributed by atoms with Crippen molar-refractivity contribution in [3.05, 3.63) is 0 Å². The second-order valence-electron chi connectivity index (χ2n) is 4.02. The van der Waals surface area contributed by atoms with Crippen LogP contribution in [0.3, 0.4) is 0 Å². The van der Waals surface area contributed by atoms with Gasteiger partial charge in [0.05, 0.1) is 0 Å². The molecule has 0 unspecified atom stereocenters. The van der Waals surface area contributed by atoms with Crippen LogP contribution in [0.1, 0.15) is 46.5 Å². The smallest absolute Gasteiger partial charge is 0.0319 e. The Morgan fingerprint density at radius 3 is 1.58 bits per heavy atom. The summed E-state index contributed by atoms with van der Waals surface area (Å²) < 4.78 is 0. The molecule has 1 aliphatic rings. The van der Waals surface area contributed by atoms with Crippen LogP contribution in [-0.2, 0) is 0 Å². The van der Waals surface area contributed by atoms with Gasteiger partial charge in [0.15, 0.2) is 0 Å². The molecule has 72 valence electrons. The quantitative estimate of drug-likeness (QED) is 0.723. The van der Waals surface area contributed by atoms with Gasteiger partial charge < -0.3 is 5.11 Å². The summed E-state index contributed by atoms with van der Waals surface area (Å²) >= 11 is 0. The zero-order valence-corrected chi connectivity index (χ0v) is 13.0. The average Bonchev–Trinajstić information content (AvgIpc) is 2.42. The standard InChI is InChI=1S/C9H18.CH4O.U/c1-8(2)9(3)6-4-5-7-9;1-2;/h8H,4-7H2,1-3H3;2H,1H3;. The average molecular weight is 396 g/mol. The van der Waals surface area contributed by atoms with E-state index in [4.69, 9.17) is 5.11 Å². The molecule has 0 atom stereocenters. The Bertz CT molecular complexity index is 96.0. The molecular formula is C10H22OU. The Labute approximate surface area is 101 Å². The van der Waals surface area contributed by atoms with Crippen LogP contribution in [0, 0.1) is 42.4 Å². The number of hydrogen-bond acceptors (Lipinski definition) is 1. The Balaban J connectivity index is 0. The number of aliphatic hydroxyl groups is 1. The van der Waals surface area contributed by atoms with E-state index in [-0.39, 0.29) is 31.1 Å². The van der Waals surface area contributed by atoms with Gasteiger partial charge >= 0.3 is 0 Å². The van der Waals surface area contributed by atoms with Crippen molar-refractivity contribution in [2.45, 2.75) is 46.5 Å². The van der Waals surface area contributed by atoms with Gasteiger partial charge in [-0.3, -0.25) is 0 Å². The van der Waals surface area contributed by atoms with Gasteiger partial charge in [0.2, 0.25) is 0 Å². The van der Waals surface area contributed by atoms with E-state index in [1.54, 1.807) is 0 Å². The van der Waals surface area contributed by atoms with Crippen molar-refractivity contribution in [2.24, 2.45) is 11.3 Å². The van der Waals surface area contributed by atoms with Crippen LogP contribution < -0.4 is 0 Å². The molecule has 0 aromatic heterocycles. The van der Waals surface area contributed by atoms with Crippen LogP contribution in [0.25, 0.3) is 0 Å². The van der Waals surface area contributed by atoms with E-state index in [0.29, 0.717) is 5.41 Å². The largest absolute Gasteiger partial charge is 0.400 e. The molecule has 0 bridgehead atoms. The van der Waals surface area contributed by atoms with Gasteiger partial charge in [-0.1, -0.05) is 33.6 Å². The first kappa shape index (κ1) is 15.5. The summed E-state index contributed by atoms with van der Waals surface area (Å²) in [5.74, 6) is 0.889. The van der Waals surface area contributed by atoms with Crippen LogP contribution in [0.2, 0.25) is 0 Å². The zero-order valence-electron chi connectivity index (χ0n) is 8.85. The van der Waals surface area contributed by atoms with Gasteiger partial charge in [-0.25, -0.2) is 0 Å². The molecule has 1 aliphatic carbocycles. The van der Waals surface area contributed by atoms with Crippen molar-refractivity contribution in [1.82, 2.24) is 0 Å². The molecular weight excluding hydrogens is 374 g/mol. The number of aliphatic hydroxyl groups excluding tert-OH is 1. The summed E-state index contributed by atoms with van der Waals surface area (Å²) in [5.41, 5.74) is 0.694. The van der Waals surface area contributed by atoms with Crippen LogP contribution in [-0.4, -0.2) is 12.2 Å². The van der Waals surface area contributed by atoms with Crippen molar-refractivity contribution in [2.75, 3.05) is 7.11 Å². The van der Waals surface area contributed by atoms with Crippen molar-refractivity contribution in [3.63, 3.8) is 0 Å². The van der Waals surface area contributed by atoms with Crippen LogP contribution in [0.4, 0.5) is 0 Å². The molecule has 0 aliphatic heterocycles. The van der Waals surface area contributed by atoms with Crippen molar-refractivity contribution in [1.29, 1.82) is 0 Å². The molecule has 0 amide bonds. The topological polar surface area (TPSA) is 20.2 Å². The molecule has 1 saturated carbocycles. The Morgan fingerprint density at radius 2 is 1.42 bits per heavy atom. The van der Waals surface area contributed by atoms with E-state index in [0.717, 1.165) is 13.0 Å². The number of rotatable bonds is 1. The first-order chi connectivity index (χ1) is 5.15. The molecule has 12 heavy (non-hydrogen) atoms. The van der Waals surface area contributed by atoms with Gasteiger partial charge in [-0.05, 0) is 24.2 Å². The van der Waals surface area contributed by atoms with E-state index in [9.17, 15) is 0 Å². The third kappa shape index (κ3) is 4.31. The molecule has 0 aromatic carbocycles. The Morgan fingerprint density at radius 1 is 1.08 bits per heavy atom. The summed E-state index contributed by atoms with van der Waals surface area (Å²) in [5, 5.41) is 7.00. The first-order valence-electron chi connectivity index (χ1n) is 4.60. The minimum Gasteiger partial charge on any atom is -0.400 e. The molecule has 2 heteroatoms. The minimum absolute atomic E-state index is 0. The second kappa shape index (κ2) is 7.42. The monoisotopic (exact) mass is 396 g/mol. The normalized spacial score (nSPS) is 19.5. The zero-order chi connectivity index (χ0) is 8.91. The van der Waals surface area contributed by atoms with Crippen LogP contribution >= 0.6 is 0 Å². The van der Waals surface area contributed by atoms with Gasteiger partial charge in [0.1, 0.15) is 0 Å². The van der Waals surface area contributed by atoms with Crippen LogP contribution in [0.15, 0.2) is 0 Å². The van der Waals surface area contributed by atoms with Gasteiger partial charge in [0.25, 0.3) is 0 Å². The van der Waals surface area contributed by atoms with Crippen molar-refractivity contribution in [3.8, 4) is 0 Å². The summed E-state index contributed by atoms with van der Waals surface area (Å²) in [6.45, 7) is 7.14. The summed E-state index contributed by atoms with van der Waals surface area (Å²) in [6.07, 6.45) is 5.86. The van der Waals surface area contributed by atoms with Gasteiger partial charge in [-0.15, -0.1) is 0 Å². The minimum atomic E-state index is 0. The molecule has 0 spiro atoms. The van der Waals surface area contributed by atoms with Crippen molar-refractivity contribution >= 4 is 0 Å². The fraction of sp³-hybridized carbons (Fsp3) is 1.00. The van der Waals surface area contributed by atoms with E-state index in [1.165, 1.54) is 25.7 Å². The molecule has 1 fully saturated rings. The van der Waals surface area contributed by atoms with Gasteiger partial charge in [0, 0.05) is 38.2 Å². The fourth-order valence-electron chi connectivity index (χ4n) is 1.76. The Hall–Kier alpha value is 1.01. The van der Waals surface area contributed by atoms with Crippen molar-refractivity contribution < 1.29 is 36.2 Å². The molecule has 1 rings (SSSR count). The van der Waals surface area contributed by atoms with E-state index in [1.807, 2.05) is 0 Å². The van der Waals surface area contributed by atoms with E-state index < -0.39 is 0 Å². The molecule has 0 heterocycles. The van der Waals surface area contributed by atoms with Crippen LogP contribution in [0.5, 0.6) is 0 Å². The second-order valence-corrected chi connectivity index (χ2v) is 4.02. The molecule has 1 nitrogen and oxygen atoms in total. The molecule has 0 aromatic rings. The SMILES string of the molecule is CC(C)C1(C)CCCC1.CO.[U]. The third-order valence-electron chi connectivity index (χ3n) is 3.14. The van der Waals surface area contributed by atoms with E-state index in [2.05, 4.69) is 20.8 Å². The first-order valence-corrected chi connectivity index (χ1v) is 4.60. The fourth-order valence-corrected chi connectivity index (χ4v) is 1.76. The predicted octanol–water partition coefficient (Wildman–Crippen LogP) is 2.83. The maximum atomic E-state index is 7.00. The summed E-state index contributed by atoms with van der Waals surface area (Å²) in [6, 6.07) is 0. The molecule has 1 N–H and O–H groups in total.